The van der Waals surface area contributed by atoms with Crippen molar-refractivity contribution in [2.24, 2.45) is 0 Å². The van der Waals surface area contributed by atoms with Gasteiger partial charge in [-0.25, -0.2) is 9.37 Å². The first kappa shape index (κ1) is 18.3. The number of anilines is 2. The summed E-state index contributed by atoms with van der Waals surface area (Å²) in [5, 5.41) is 9.69. The number of carbonyl (C=O) groups is 2. The third-order valence-corrected chi connectivity index (χ3v) is 4.29. The van der Waals surface area contributed by atoms with Crippen molar-refractivity contribution in [3.8, 4) is 0 Å². The molecule has 0 saturated heterocycles. The van der Waals surface area contributed by atoms with Crippen molar-refractivity contribution < 1.29 is 14.0 Å². The molecule has 0 atom stereocenters. The van der Waals surface area contributed by atoms with Crippen LogP contribution >= 0.6 is 0 Å². The molecule has 3 rings (SSSR count). The van der Waals surface area contributed by atoms with E-state index < -0.39 is 11.8 Å². The summed E-state index contributed by atoms with van der Waals surface area (Å²) in [6, 6.07) is 4.33. The van der Waals surface area contributed by atoms with E-state index in [4.69, 9.17) is 5.73 Å². The second-order valence-corrected chi connectivity index (χ2v) is 6.06. The number of aromatic amines is 1. The molecular weight excluding hydrogens is 351 g/mol. The number of amides is 2. The number of pyridine rings is 1. The Morgan fingerprint density at radius 1 is 1.33 bits per heavy atom. The lowest BCUT2D eigenvalue weighted by atomic mass is 10.1. The number of halogens is 1. The number of likely N-dealkylation sites (N-methyl/N-ethyl adjacent to an activating group) is 1. The van der Waals surface area contributed by atoms with E-state index in [1.54, 1.807) is 19.9 Å². The molecular formula is C18H19FN6O2. The molecule has 1 aromatic carbocycles. The van der Waals surface area contributed by atoms with Crippen LogP contribution in [0.5, 0.6) is 0 Å². The van der Waals surface area contributed by atoms with E-state index in [1.165, 1.54) is 29.4 Å². The van der Waals surface area contributed by atoms with E-state index in [2.05, 4.69) is 20.5 Å². The molecule has 0 unspecified atom stereocenters. The van der Waals surface area contributed by atoms with Gasteiger partial charge in [-0.2, -0.15) is 5.10 Å². The van der Waals surface area contributed by atoms with Crippen LogP contribution in [0.15, 0.2) is 30.6 Å². The minimum atomic E-state index is -0.806. The number of carbonyl (C=O) groups excluding carboxylic acids is 2. The summed E-state index contributed by atoms with van der Waals surface area (Å²) in [6.07, 6.45) is 2.85. The van der Waals surface area contributed by atoms with Crippen molar-refractivity contribution in [1.82, 2.24) is 20.1 Å². The van der Waals surface area contributed by atoms with Gasteiger partial charge >= 0.3 is 11.8 Å². The van der Waals surface area contributed by atoms with Crippen LogP contribution in [0.1, 0.15) is 18.1 Å². The number of benzene rings is 1. The maximum Gasteiger partial charge on any atom is 0.314 e. The van der Waals surface area contributed by atoms with Crippen LogP contribution in [-0.2, 0) is 16.1 Å². The Morgan fingerprint density at radius 3 is 2.81 bits per heavy atom. The maximum atomic E-state index is 13.3. The number of nitrogen functional groups attached to an aromatic ring is 1. The number of nitrogens with zero attached hydrogens (tertiary/aromatic N) is 3. The first-order chi connectivity index (χ1) is 12.9. The summed E-state index contributed by atoms with van der Waals surface area (Å²) in [4.78, 5) is 30.4. The van der Waals surface area contributed by atoms with Gasteiger partial charge in [0.05, 0.1) is 29.0 Å². The molecule has 0 spiro atoms. The van der Waals surface area contributed by atoms with Crippen molar-refractivity contribution >= 4 is 34.2 Å². The fraction of sp³-hybridized carbons (Fsp3) is 0.222. The zero-order valence-electron chi connectivity index (χ0n) is 14.9. The zero-order valence-corrected chi connectivity index (χ0v) is 14.9. The molecule has 0 radical (unpaired) electrons. The van der Waals surface area contributed by atoms with E-state index in [9.17, 15) is 14.0 Å². The van der Waals surface area contributed by atoms with Crippen molar-refractivity contribution in [2.45, 2.75) is 20.4 Å². The summed E-state index contributed by atoms with van der Waals surface area (Å²) >= 11 is 0. The van der Waals surface area contributed by atoms with Crippen LogP contribution < -0.4 is 11.1 Å². The average molecular weight is 370 g/mol. The molecule has 140 valence electrons. The third-order valence-electron chi connectivity index (χ3n) is 4.29. The van der Waals surface area contributed by atoms with Crippen molar-refractivity contribution in [3.05, 3.63) is 47.5 Å². The smallest absolute Gasteiger partial charge is 0.314 e. The molecule has 0 aliphatic carbocycles. The quantitative estimate of drug-likeness (QED) is 0.607. The lowest BCUT2D eigenvalue weighted by Crippen LogP contribution is -2.39. The summed E-state index contributed by atoms with van der Waals surface area (Å²) in [6.45, 7) is 4.05. The summed E-state index contributed by atoms with van der Waals surface area (Å²) in [5.41, 5.74) is 8.03. The molecule has 0 aliphatic rings. The Balaban J connectivity index is 1.77. The Morgan fingerprint density at radius 2 is 2.11 bits per heavy atom. The minimum absolute atomic E-state index is 0.203. The van der Waals surface area contributed by atoms with E-state index >= 15 is 0 Å². The Kier molecular flexibility index (Phi) is 5.02. The number of rotatable bonds is 4. The lowest BCUT2D eigenvalue weighted by Gasteiger charge is -2.21. The van der Waals surface area contributed by atoms with Crippen LogP contribution in [0.25, 0.3) is 10.9 Å². The molecule has 0 fully saturated rings. The van der Waals surface area contributed by atoms with Gasteiger partial charge in [0.25, 0.3) is 0 Å². The Hall–Kier alpha value is -3.49. The molecule has 0 aliphatic heterocycles. The van der Waals surface area contributed by atoms with Gasteiger partial charge in [-0.1, -0.05) is 6.07 Å². The predicted molar refractivity (Wildman–Crippen MR) is 99.2 cm³/mol. The number of hydrogen-bond acceptors (Lipinski definition) is 5. The van der Waals surface area contributed by atoms with Crippen LogP contribution in [0, 0.1) is 12.7 Å². The lowest BCUT2D eigenvalue weighted by molar-refractivity contribution is -0.143. The minimum Gasteiger partial charge on any atom is -0.383 e. The van der Waals surface area contributed by atoms with E-state index in [-0.39, 0.29) is 18.2 Å². The number of nitrogens with one attached hydrogen (secondary N) is 2. The molecule has 4 N–H and O–H groups in total. The number of aryl methyl sites for hydroxylation is 1. The molecule has 0 saturated carbocycles. The van der Waals surface area contributed by atoms with Gasteiger partial charge in [-0.15, -0.1) is 0 Å². The molecule has 9 heteroatoms. The van der Waals surface area contributed by atoms with E-state index in [1.807, 2.05) is 0 Å². The van der Waals surface area contributed by atoms with Crippen molar-refractivity contribution in [3.63, 3.8) is 0 Å². The number of H-pyrrole nitrogens is 1. The fourth-order valence-corrected chi connectivity index (χ4v) is 2.74. The van der Waals surface area contributed by atoms with Crippen LogP contribution in [0.4, 0.5) is 15.9 Å². The maximum absolute atomic E-state index is 13.3. The number of aromatic nitrogens is 3. The van der Waals surface area contributed by atoms with Gasteiger partial charge < -0.3 is 16.0 Å². The summed E-state index contributed by atoms with van der Waals surface area (Å²) in [7, 11) is 0. The topological polar surface area (TPSA) is 117 Å². The summed E-state index contributed by atoms with van der Waals surface area (Å²) in [5.74, 6) is -1.59. The SMILES string of the molecule is CCN(Cc1ccc(F)cc1C)C(=O)C(=O)Nc1cnc(N)c2cn[nH]c12. The molecule has 2 amide bonds. The van der Waals surface area contributed by atoms with Gasteiger partial charge in [0, 0.05) is 13.1 Å². The second kappa shape index (κ2) is 7.40. The highest BCUT2D eigenvalue weighted by Gasteiger charge is 2.23. The first-order valence-electron chi connectivity index (χ1n) is 8.33. The molecule has 3 aromatic rings. The van der Waals surface area contributed by atoms with Gasteiger partial charge in [0.2, 0.25) is 0 Å². The van der Waals surface area contributed by atoms with Crippen molar-refractivity contribution in [2.75, 3.05) is 17.6 Å². The monoisotopic (exact) mass is 370 g/mol. The predicted octanol–water partition coefficient (Wildman–Crippen LogP) is 1.97. The number of nitrogens with two attached hydrogens (primary N) is 1. The van der Waals surface area contributed by atoms with Crippen LogP contribution in [0.3, 0.4) is 0 Å². The zero-order chi connectivity index (χ0) is 19.6. The fourth-order valence-electron chi connectivity index (χ4n) is 2.74. The Labute approximate surface area is 154 Å². The highest BCUT2D eigenvalue weighted by Crippen LogP contribution is 2.24. The largest absolute Gasteiger partial charge is 0.383 e. The van der Waals surface area contributed by atoms with Crippen LogP contribution in [0.2, 0.25) is 0 Å². The first-order valence-corrected chi connectivity index (χ1v) is 8.33. The molecule has 2 aromatic heterocycles. The summed E-state index contributed by atoms with van der Waals surface area (Å²) < 4.78 is 13.3. The third kappa shape index (κ3) is 3.71. The molecule has 8 nitrogen and oxygen atoms in total. The second-order valence-electron chi connectivity index (χ2n) is 6.06. The standard InChI is InChI=1S/C18H19FN6O2/c1-3-25(9-11-4-5-12(19)6-10(11)2)18(27)17(26)23-14-8-21-16(20)13-7-22-24-15(13)14/h4-8H,3,9H2,1-2H3,(H2,20,21)(H,22,24)(H,23,26). The van der Waals surface area contributed by atoms with E-state index in [0.29, 0.717) is 28.7 Å². The van der Waals surface area contributed by atoms with Gasteiger partial charge in [0.15, 0.2) is 0 Å². The Bertz CT molecular complexity index is 1020. The number of hydrogen-bond donors (Lipinski definition) is 3. The van der Waals surface area contributed by atoms with Gasteiger partial charge in [-0.3, -0.25) is 14.7 Å². The molecule has 0 bridgehead atoms. The number of fused-ring (bicyclic) bond motifs is 1. The molecule has 27 heavy (non-hydrogen) atoms. The van der Waals surface area contributed by atoms with Gasteiger partial charge in [-0.05, 0) is 37.1 Å². The van der Waals surface area contributed by atoms with Gasteiger partial charge in [0.1, 0.15) is 11.6 Å². The average Bonchev–Trinajstić information content (AvgIpc) is 3.14. The van der Waals surface area contributed by atoms with Crippen LogP contribution in [-0.4, -0.2) is 38.4 Å². The normalized spacial score (nSPS) is 10.8. The van der Waals surface area contributed by atoms with Crippen molar-refractivity contribution in [1.29, 1.82) is 0 Å². The molecule has 2 heterocycles. The highest BCUT2D eigenvalue weighted by atomic mass is 19.1. The highest BCUT2D eigenvalue weighted by molar-refractivity contribution is 6.40. The van der Waals surface area contributed by atoms with E-state index in [0.717, 1.165) is 5.56 Å².